The number of halogens is 2. The molecule has 1 heterocycles. The van der Waals surface area contributed by atoms with E-state index >= 15 is 0 Å². The van der Waals surface area contributed by atoms with E-state index < -0.39 is 26.6 Å². The van der Waals surface area contributed by atoms with Crippen LogP contribution in [0.25, 0.3) is 0 Å². The van der Waals surface area contributed by atoms with E-state index in [-0.39, 0.29) is 6.54 Å². The predicted molar refractivity (Wildman–Crippen MR) is 68.6 cm³/mol. The fraction of sp³-hybridized carbons (Fsp3) is 0.231. The van der Waals surface area contributed by atoms with Crippen molar-refractivity contribution in [2.24, 2.45) is 0 Å². The van der Waals surface area contributed by atoms with Crippen LogP contribution in [0.5, 0.6) is 0 Å². The van der Waals surface area contributed by atoms with E-state index in [9.17, 15) is 17.2 Å². The van der Waals surface area contributed by atoms with Gasteiger partial charge >= 0.3 is 0 Å². The maximum atomic E-state index is 13.5. The Morgan fingerprint density at radius 2 is 1.90 bits per heavy atom. The zero-order valence-corrected chi connectivity index (χ0v) is 11.7. The lowest BCUT2D eigenvalue weighted by Gasteiger charge is -2.07. The normalized spacial score (nSPS) is 11.8. The summed E-state index contributed by atoms with van der Waals surface area (Å²) >= 11 is 0. The summed E-state index contributed by atoms with van der Waals surface area (Å²) in [5, 5.41) is 0. The Bertz CT molecular complexity index is 738. The minimum Gasteiger partial charge on any atom is -0.466 e. The summed E-state index contributed by atoms with van der Waals surface area (Å²) in [6.45, 7) is 3.37. The number of rotatable bonds is 4. The molecule has 2 aromatic rings. The molecule has 20 heavy (non-hydrogen) atoms. The monoisotopic (exact) mass is 301 g/mol. The Morgan fingerprint density at radius 1 is 1.20 bits per heavy atom. The van der Waals surface area contributed by atoms with Gasteiger partial charge in [-0.05, 0) is 38.1 Å². The number of hydrogen-bond acceptors (Lipinski definition) is 3. The fourth-order valence-corrected chi connectivity index (χ4v) is 2.89. The van der Waals surface area contributed by atoms with E-state index in [1.807, 2.05) is 0 Å². The minimum absolute atomic E-state index is 0.0541. The Labute approximate surface area is 115 Å². The topological polar surface area (TPSA) is 59.3 Å². The van der Waals surface area contributed by atoms with E-state index in [1.165, 1.54) is 0 Å². The second kappa shape index (κ2) is 5.34. The van der Waals surface area contributed by atoms with Gasteiger partial charge in [-0.25, -0.2) is 21.9 Å². The van der Waals surface area contributed by atoms with Crippen molar-refractivity contribution in [3.05, 3.63) is 53.0 Å². The lowest BCUT2D eigenvalue weighted by atomic mass is 10.2. The molecule has 2 rings (SSSR count). The van der Waals surface area contributed by atoms with Crippen LogP contribution in [-0.2, 0) is 16.6 Å². The maximum Gasteiger partial charge on any atom is 0.243 e. The third kappa shape index (κ3) is 3.05. The van der Waals surface area contributed by atoms with Crippen LogP contribution in [0, 0.1) is 25.5 Å². The maximum absolute atomic E-state index is 13.5. The van der Waals surface area contributed by atoms with Gasteiger partial charge in [0.15, 0.2) is 0 Å². The van der Waals surface area contributed by atoms with E-state index in [0.717, 1.165) is 12.1 Å². The quantitative estimate of drug-likeness (QED) is 0.944. The van der Waals surface area contributed by atoms with Gasteiger partial charge in [0, 0.05) is 12.1 Å². The first-order valence-corrected chi connectivity index (χ1v) is 7.28. The molecule has 7 heteroatoms. The van der Waals surface area contributed by atoms with Crippen LogP contribution in [0.1, 0.15) is 17.1 Å². The van der Waals surface area contributed by atoms with Gasteiger partial charge < -0.3 is 4.42 Å². The van der Waals surface area contributed by atoms with E-state index in [1.54, 1.807) is 19.9 Å². The number of aryl methyl sites for hydroxylation is 2. The van der Waals surface area contributed by atoms with Crippen LogP contribution in [0.4, 0.5) is 8.78 Å². The number of sulfonamides is 1. The van der Waals surface area contributed by atoms with Crippen molar-refractivity contribution in [3.8, 4) is 0 Å². The largest absolute Gasteiger partial charge is 0.466 e. The molecule has 0 aliphatic rings. The molecule has 0 saturated carbocycles. The van der Waals surface area contributed by atoms with Crippen LogP contribution < -0.4 is 4.72 Å². The van der Waals surface area contributed by atoms with Crippen LogP contribution in [-0.4, -0.2) is 8.42 Å². The Morgan fingerprint density at radius 3 is 2.50 bits per heavy atom. The Hall–Kier alpha value is -1.73. The molecule has 1 aromatic carbocycles. The van der Waals surface area contributed by atoms with Crippen molar-refractivity contribution in [1.82, 2.24) is 4.72 Å². The van der Waals surface area contributed by atoms with E-state index in [0.29, 0.717) is 23.2 Å². The highest BCUT2D eigenvalue weighted by molar-refractivity contribution is 7.89. The summed E-state index contributed by atoms with van der Waals surface area (Å²) in [4.78, 5) is -0.713. The summed E-state index contributed by atoms with van der Waals surface area (Å²) in [7, 11) is -4.13. The Kier molecular flexibility index (Phi) is 3.92. The predicted octanol–water partition coefficient (Wildman–Crippen LogP) is 2.65. The van der Waals surface area contributed by atoms with Gasteiger partial charge in [-0.15, -0.1) is 0 Å². The average molecular weight is 301 g/mol. The van der Waals surface area contributed by atoms with Crippen molar-refractivity contribution in [2.45, 2.75) is 25.3 Å². The molecule has 0 fully saturated rings. The summed E-state index contributed by atoms with van der Waals surface area (Å²) in [5.41, 5.74) is 0.642. The number of hydrogen-bond donors (Lipinski definition) is 1. The third-order valence-corrected chi connectivity index (χ3v) is 4.20. The summed E-state index contributed by atoms with van der Waals surface area (Å²) < 4.78 is 57.9. The second-order valence-corrected chi connectivity index (χ2v) is 6.07. The minimum atomic E-state index is -4.13. The van der Waals surface area contributed by atoms with Gasteiger partial charge in [-0.3, -0.25) is 0 Å². The first kappa shape index (κ1) is 14.7. The van der Waals surface area contributed by atoms with Crippen molar-refractivity contribution >= 4 is 10.0 Å². The van der Waals surface area contributed by atoms with Gasteiger partial charge in [0.2, 0.25) is 10.0 Å². The molecule has 108 valence electrons. The molecule has 0 unspecified atom stereocenters. The van der Waals surface area contributed by atoms with Crippen LogP contribution in [0.15, 0.2) is 33.6 Å². The standard InChI is InChI=1S/C13H13F2NO3S/c1-8-5-10(9(2)19-8)7-16-20(17,18)13-6-11(14)3-4-12(13)15/h3-6,16H,7H2,1-2H3. The average Bonchev–Trinajstić information content (AvgIpc) is 2.68. The molecule has 0 amide bonds. The molecule has 0 saturated heterocycles. The highest BCUT2D eigenvalue weighted by Crippen LogP contribution is 2.18. The van der Waals surface area contributed by atoms with Crippen LogP contribution >= 0.6 is 0 Å². The molecule has 0 aliphatic heterocycles. The van der Waals surface area contributed by atoms with Crippen molar-refractivity contribution in [2.75, 3.05) is 0 Å². The van der Waals surface area contributed by atoms with Gasteiger partial charge in [0.25, 0.3) is 0 Å². The molecular weight excluding hydrogens is 288 g/mol. The molecule has 0 atom stereocenters. The lowest BCUT2D eigenvalue weighted by Crippen LogP contribution is -2.24. The number of furan rings is 1. The van der Waals surface area contributed by atoms with E-state index in [2.05, 4.69) is 4.72 Å². The zero-order valence-electron chi connectivity index (χ0n) is 10.9. The zero-order chi connectivity index (χ0) is 14.9. The third-order valence-electron chi connectivity index (χ3n) is 2.78. The molecule has 0 aliphatic carbocycles. The van der Waals surface area contributed by atoms with Crippen molar-refractivity contribution in [1.29, 1.82) is 0 Å². The first-order valence-electron chi connectivity index (χ1n) is 5.80. The number of benzene rings is 1. The highest BCUT2D eigenvalue weighted by atomic mass is 32.2. The molecule has 4 nitrogen and oxygen atoms in total. The molecule has 0 radical (unpaired) electrons. The smallest absolute Gasteiger partial charge is 0.243 e. The SMILES string of the molecule is Cc1cc(CNS(=O)(=O)c2cc(F)ccc2F)c(C)o1. The van der Waals surface area contributed by atoms with Gasteiger partial charge in [0.05, 0.1) is 0 Å². The van der Waals surface area contributed by atoms with Gasteiger partial charge in [-0.1, -0.05) is 0 Å². The molecule has 1 aromatic heterocycles. The van der Waals surface area contributed by atoms with Crippen molar-refractivity contribution in [3.63, 3.8) is 0 Å². The molecule has 1 N–H and O–H groups in total. The van der Waals surface area contributed by atoms with Crippen molar-refractivity contribution < 1.29 is 21.6 Å². The number of nitrogens with one attached hydrogen (secondary N) is 1. The van der Waals surface area contributed by atoms with Crippen LogP contribution in [0.2, 0.25) is 0 Å². The first-order chi connectivity index (χ1) is 9.29. The molecule has 0 bridgehead atoms. The summed E-state index contributed by atoms with van der Waals surface area (Å²) in [6, 6.07) is 3.96. The fourth-order valence-electron chi connectivity index (χ4n) is 1.79. The second-order valence-electron chi connectivity index (χ2n) is 4.34. The summed E-state index contributed by atoms with van der Waals surface area (Å²) in [6.07, 6.45) is 0. The van der Waals surface area contributed by atoms with Crippen LogP contribution in [0.3, 0.4) is 0 Å². The van der Waals surface area contributed by atoms with E-state index in [4.69, 9.17) is 4.42 Å². The lowest BCUT2D eigenvalue weighted by molar-refractivity contribution is 0.500. The summed E-state index contributed by atoms with van der Waals surface area (Å²) in [5.74, 6) is -0.598. The highest BCUT2D eigenvalue weighted by Gasteiger charge is 2.20. The molecular formula is C13H13F2NO3S. The molecule has 0 spiro atoms. The Balaban J connectivity index is 2.23. The van der Waals surface area contributed by atoms with Gasteiger partial charge in [-0.2, -0.15) is 0 Å². The van der Waals surface area contributed by atoms with Gasteiger partial charge in [0.1, 0.15) is 28.1 Å².